The molecule has 754 valence electrons. The average molecular weight is 1850 g/mol. The van der Waals surface area contributed by atoms with Crippen LogP contribution in [-0.2, 0) is 143 Å². The van der Waals surface area contributed by atoms with Gasteiger partial charge in [0.1, 0.15) is 64.6 Å². The monoisotopic (exact) mass is 1850 g/mol. The molecule has 0 aromatic heterocycles. The van der Waals surface area contributed by atoms with Crippen molar-refractivity contribution in [3.05, 3.63) is 0 Å². The zero-order chi connectivity index (χ0) is 90.6. The fourth-order valence-corrected chi connectivity index (χ4v) is 14.9. The maximum Gasteiger partial charge on any atom is 0.350 e. The van der Waals surface area contributed by atoms with Gasteiger partial charge in [0.15, 0.2) is 0 Å². The van der Waals surface area contributed by atoms with Gasteiger partial charge in [-0.2, -0.15) is 0 Å². The predicted molar refractivity (Wildman–Crippen MR) is 493 cm³/mol. The van der Waals surface area contributed by atoms with Gasteiger partial charge >= 0.3 is 89.5 Å². The summed E-state index contributed by atoms with van der Waals surface area (Å²) < 4.78 is 81.9. The lowest BCUT2D eigenvalue weighted by Crippen LogP contribution is -2.58. The fourth-order valence-electron chi connectivity index (χ4n) is 14.9. The van der Waals surface area contributed by atoms with E-state index in [9.17, 15) is 71.9 Å². The third-order valence-corrected chi connectivity index (χ3v) is 26.8. The number of carbonyl (C=O) groups excluding carboxylic acids is 15. The highest BCUT2D eigenvalue weighted by molar-refractivity contribution is 5.88. The number of carbonyl (C=O) groups is 15. The molecule has 5 saturated carbocycles. The fraction of sp³-hybridized carbons (Fsp3) is 0.848. The molecule has 11 aliphatic rings. The van der Waals surface area contributed by atoms with Crippen LogP contribution in [0, 0.1) is 57.2 Å². The molecule has 0 radical (unpaired) electrons. The molecular formula is C99H178O30. The molecule has 16 unspecified atom stereocenters. The first-order valence-electron chi connectivity index (χ1n) is 42.7. The molecule has 11 rings (SSSR count). The van der Waals surface area contributed by atoms with Crippen LogP contribution in [0.3, 0.4) is 0 Å². The third kappa shape index (κ3) is 30.3. The maximum absolute atomic E-state index is 12.7. The highest BCUT2D eigenvalue weighted by atomic mass is 16.7. The average Bonchev–Trinajstić information content (AvgIpc) is 1.61. The number of hydrogen-bond acceptors (Lipinski definition) is 30. The van der Waals surface area contributed by atoms with E-state index in [-0.39, 0.29) is 171 Å². The third-order valence-electron chi connectivity index (χ3n) is 26.8. The second-order valence-electron chi connectivity index (χ2n) is 39.9. The highest BCUT2D eigenvalue weighted by Crippen LogP contribution is 2.53. The molecule has 0 amide bonds. The minimum atomic E-state index is -1.41. The van der Waals surface area contributed by atoms with E-state index in [1.807, 2.05) is 34.6 Å². The van der Waals surface area contributed by atoms with Gasteiger partial charge in [-0.15, -0.1) is 0 Å². The van der Waals surface area contributed by atoms with Crippen LogP contribution in [0.15, 0.2) is 0 Å². The van der Waals surface area contributed by atoms with Crippen molar-refractivity contribution in [2.45, 2.75) is 483 Å². The van der Waals surface area contributed by atoms with E-state index < -0.39 is 144 Å². The molecule has 5 aliphatic carbocycles. The summed E-state index contributed by atoms with van der Waals surface area (Å²) in [6.45, 7) is 48.4. The van der Waals surface area contributed by atoms with Gasteiger partial charge in [-0.25, -0.2) is 19.2 Å². The first-order valence-corrected chi connectivity index (χ1v) is 42.7. The summed E-state index contributed by atoms with van der Waals surface area (Å²) in [5.41, 5.74) is -13.2. The second-order valence-corrected chi connectivity index (χ2v) is 39.9. The van der Waals surface area contributed by atoms with Crippen LogP contribution >= 0.6 is 0 Å². The summed E-state index contributed by atoms with van der Waals surface area (Å²) in [7, 11) is 0. The van der Waals surface area contributed by atoms with Gasteiger partial charge in [0.25, 0.3) is 0 Å². The van der Waals surface area contributed by atoms with E-state index in [4.69, 9.17) is 71.1 Å². The van der Waals surface area contributed by atoms with Crippen LogP contribution in [0.5, 0.6) is 0 Å². The zero-order valence-corrected chi connectivity index (χ0v) is 76.1. The molecule has 0 N–H and O–H groups in total. The lowest BCUT2D eigenvalue weighted by Gasteiger charge is -2.48. The summed E-state index contributed by atoms with van der Waals surface area (Å²) in [4.78, 5) is 182. The number of esters is 15. The summed E-state index contributed by atoms with van der Waals surface area (Å²) >= 11 is 0. The molecule has 6 saturated heterocycles. The van der Waals surface area contributed by atoms with Gasteiger partial charge in [-0.05, 0) is 249 Å². The van der Waals surface area contributed by atoms with Crippen molar-refractivity contribution >= 4 is 89.5 Å². The first-order chi connectivity index (χ1) is 54.4. The zero-order valence-electron chi connectivity index (χ0n) is 76.1. The molecule has 30 nitrogen and oxygen atoms in total. The molecule has 6 aliphatic heterocycles. The summed E-state index contributed by atoms with van der Waals surface area (Å²) in [6, 6.07) is 0. The summed E-state index contributed by atoms with van der Waals surface area (Å²) in [5.74, 6) is -6.86. The Balaban J connectivity index is -0.000000487. The quantitative estimate of drug-likeness (QED) is 0.0573. The van der Waals surface area contributed by atoms with Crippen molar-refractivity contribution in [3.8, 4) is 0 Å². The summed E-state index contributed by atoms with van der Waals surface area (Å²) in [5, 5.41) is 0. The van der Waals surface area contributed by atoms with E-state index in [1.165, 1.54) is 55.4 Å². The normalized spacial score (nSPS) is 28.2. The van der Waals surface area contributed by atoms with Crippen molar-refractivity contribution in [1.29, 1.82) is 0 Å². The molecule has 16 atom stereocenters. The number of hydrogen-bond donors (Lipinski definition) is 0. The Hall–Kier alpha value is -7.95. The Labute approximate surface area is 776 Å². The van der Waals surface area contributed by atoms with Gasteiger partial charge < -0.3 is 71.1 Å². The SMILES string of the molecule is C.C.C.C.C.C.C.C.C.C.CCC(C)(C)C(=O)OC(C)(C)C(=O)OC1(C)CCC2CC1(C)OC2=O.CCC(C)(C)C(=O)OC(C)(C)C(=O)OC1CC2CCC1(C)OC2=O.CCC(C)(C)C(=O)OC(C)(C)C(=O)OC1CCC2CC1(C)OC2=O.CCC(C)(C)C(=O)OCCC(=O)OC1CCC2CC1OC2=O.CCC(C)C(=O)OC(C)(C)C(=O)OC1(C)CCC2CC1(C)OC2=O. The van der Waals surface area contributed by atoms with Crippen LogP contribution in [0.4, 0.5) is 0 Å². The van der Waals surface area contributed by atoms with Gasteiger partial charge in [-0.3, -0.25) is 52.7 Å². The van der Waals surface area contributed by atoms with Crippen molar-refractivity contribution in [2.24, 2.45) is 57.2 Å². The molecule has 10 bridgehead atoms. The Bertz CT molecular complexity index is 3750. The number of ether oxygens (including phenoxy) is 15. The van der Waals surface area contributed by atoms with Gasteiger partial charge in [-0.1, -0.05) is 116 Å². The number of rotatable bonds is 26. The first kappa shape index (κ1) is 130. The highest BCUT2D eigenvalue weighted by Gasteiger charge is 2.64. The maximum atomic E-state index is 12.7. The molecule has 129 heavy (non-hydrogen) atoms. The standard InChI is InChI=1S/C19H30O6.3C18H28O6.C16H24O6.10CH4/c1-8-16(2,3)14(21)24-17(4,5)15(22)25-18(6)10-9-12-11-19(18,7)23-13(12)20;1-7-16(2,3)14(20)24-17(4,5)15(21)22-12-10-11-8-9-18(12,6)23-13(11)19;1-7-16(2,3)14(20)24-17(4,5)15(21)22-12-9-8-11-10-18(12,6)23-13(11)19;1-7-11(2)13(19)22-16(3,4)15(21)24-17(5)9-8-12-10-18(17,6)23-14(12)20;1-4-16(2,3)15(19)20-8-7-13(17)21-11-6-5-10-9-12(11)22-14(10)18;;;;;;;;;;/h12H,8-11H2,1-7H3;3*11-12H,7-10H2,1-6H3;10-12H,4-9H2,1-3H3;10*1H4. The summed E-state index contributed by atoms with van der Waals surface area (Å²) in [6.07, 6.45) is 10.5. The molecule has 0 aromatic rings. The van der Waals surface area contributed by atoms with E-state index >= 15 is 0 Å². The van der Waals surface area contributed by atoms with Crippen LogP contribution in [0.2, 0.25) is 0 Å². The van der Waals surface area contributed by atoms with E-state index in [2.05, 4.69) is 0 Å². The van der Waals surface area contributed by atoms with Crippen molar-refractivity contribution < 1.29 is 143 Å². The molecule has 0 aromatic carbocycles. The van der Waals surface area contributed by atoms with Crippen LogP contribution in [0.1, 0.15) is 403 Å². The van der Waals surface area contributed by atoms with Gasteiger partial charge in [0.2, 0.25) is 22.4 Å². The Morgan fingerprint density at radius 1 is 0.364 bits per heavy atom. The van der Waals surface area contributed by atoms with Gasteiger partial charge in [0, 0.05) is 32.1 Å². The minimum Gasteiger partial charge on any atom is -0.465 e. The van der Waals surface area contributed by atoms with Gasteiger partial charge in [0.05, 0.1) is 63.6 Å². The molecular weight excluding hydrogens is 1670 g/mol. The smallest absolute Gasteiger partial charge is 0.350 e. The number of fused-ring (bicyclic) bond motifs is 11. The van der Waals surface area contributed by atoms with E-state index in [0.29, 0.717) is 122 Å². The molecule has 11 fully saturated rings. The van der Waals surface area contributed by atoms with E-state index in [0.717, 1.165) is 6.42 Å². The lowest BCUT2D eigenvalue weighted by molar-refractivity contribution is -0.225. The minimum absolute atomic E-state index is 0. The van der Waals surface area contributed by atoms with E-state index in [1.54, 1.807) is 104 Å². The van der Waals surface area contributed by atoms with Crippen LogP contribution in [0.25, 0.3) is 0 Å². The topological polar surface area (TPSA) is 394 Å². The Morgan fingerprint density at radius 2 is 0.705 bits per heavy atom. The van der Waals surface area contributed by atoms with Crippen LogP contribution < -0.4 is 0 Å². The van der Waals surface area contributed by atoms with Crippen molar-refractivity contribution in [2.75, 3.05) is 6.61 Å². The molecule has 0 spiro atoms. The Morgan fingerprint density at radius 3 is 1.10 bits per heavy atom. The molecule has 6 heterocycles. The lowest BCUT2D eigenvalue weighted by atomic mass is 9.71. The van der Waals surface area contributed by atoms with Crippen LogP contribution in [-0.4, -0.2) is 177 Å². The Kier molecular flexibility index (Phi) is 48.3. The predicted octanol–water partition coefficient (Wildman–Crippen LogP) is 19.8. The second kappa shape index (κ2) is 48.1. The van der Waals surface area contributed by atoms with Crippen molar-refractivity contribution in [1.82, 2.24) is 0 Å². The largest absolute Gasteiger partial charge is 0.465 e. The van der Waals surface area contributed by atoms with Crippen molar-refractivity contribution in [3.63, 3.8) is 0 Å². The molecule has 30 heteroatoms.